The van der Waals surface area contributed by atoms with E-state index in [9.17, 15) is 18.0 Å². The number of para-hydroxylation sites is 1. The number of hydrogen-bond acceptors (Lipinski definition) is 7. The lowest BCUT2D eigenvalue weighted by molar-refractivity contribution is 0.0520. The van der Waals surface area contributed by atoms with Crippen LogP contribution in [-0.4, -0.2) is 38.4 Å². The summed E-state index contributed by atoms with van der Waals surface area (Å²) in [5.41, 5.74) is 0.533. The van der Waals surface area contributed by atoms with Crippen LogP contribution < -0.4 is 9.62 Å². The van der Waals surface area contributed by atoms with Gasteiger partial charge in [0, 0.05) is 11.9 Å². The molecule has 0 aliphatic rings. The number of nitrogens with zero attached hydrogens (tertiary/aromatic N) is 2. The van der Waals surface area contributed by atoms with Gasteiger partial charge in [-0.2, -0.15) is 0 Å². The molecule has 168 valence electrons. The molecule has 0 aliphatic heterocycles. The number of esters is 1. The van der Waals surface area contributed by atoms with Crippen molar-refractivity contribution in [2.75, 3.05) is 22.8 Å². The molecule has 3 rings (SSSR count). The van der Waals surface area contributed by atoms with E-state index in [-0.39, 0.29) is 39.5 Å². The fourth-order valence-corrected chi connectivity index (χ4v) is 5.22. The highest BCUT2D eigenvalue weighted by Gasteiger charge is 2.26. The van der Waals surface area contributed by atoms with Crippen molar-refractivity contribution in [3.8, 4) is 0 Å². The monoisotopic (exact) mass is 493 g/mol. The first-order valence-electron chi connectivity index (χ1n) is 9.59. The molecule has 1 aromatic heterocycles. The number of sulfonamides is 1. The lowest BCUT2D eigenvalue weighted by Gasteiger charge is -2.23. The van der Waals surface area contributed by atoms with Crippen LogP contribution in [0.2, 0.25) is 5.02 Å². The lowest BCUT2D eigenvalue weighted by Crippen LogP contribution is -2.31. The van der Waals surface area contributed by atoms with Gasteiger partial charge in [0.25, 0.3) is 15.9 Å². The molecule has 8 nitrogen and oxygen atoms in total. The summed E-state index contributed by atoms with van der Waals surface area (Å²) >= 11 is 7.21. The van der Waals surface area contributed by atoms with E-state index in [1.54, 1.807) is 44.2 Å². The van der Waals surface area contributed by atoms with Crippen molar-refractivity contribution in [1.82, 2.24) is 4.98 Å². The summed E-state index contributed by atoms with van der Waals surface area (Å²) in [6.07, 6.45) is 0. The summed E-state index contributed by atoms with van der Waals surface area (Å²) in [4.78, 5) is 28.5. The maximum absolute atomic E-state index is 13.2. The van der Waals surface area contributed by atoms with Crippen LogP contribution in [0.1, 0.15) is 34.7 Å². The van der Waals surface area contributed by atoms with Crippen LogP contribution in [0.4, 0.5) is 10.8 Å². The Morgan fingerprint density at radius 2 is 1.88 bits per heavy atom. The van der Waals surface area contributed by atoms with Crippen molar-refractivity contribution < 1.29 is 22.7 Å². The van der Waals surface area contributed by atoms with Gasteiger partial charge in [0.2, 0.25) is 0 Å². The van der Waals surface area contributed by atoms with E-state index >= 15 is 0 Å². The Labute approximate surface area is 194 Å². The topological polar surface area (TPSA) is 106 Å². The molecule has 1 N–H and O–H groups in total. The molecule has 0 atom stereocenters. The first-order valence-corrected chi connectivity index (χ1v) is 12.3. The number of benzene rings is 2. The molecule has 0 spiro atoms. The van der Waals surface area contributed by atoms with Crippen molar-refractivity contribution >= 4 is 55.7 Å². The third-order valence-electron chi connectivity index (χ3n) is 4.31. The number of anilines is 2. The number of halogens is 1. The second-order valence-corrected chi connectivity index (χ2v) is 9.49. The zero-order valence-electron chi connectivity index (χ0n) is 17.2. The average Bonchev–Trinajstić information content (AvgIpc) is 3.23. The second-order valence-electron chi connectivity index (χ2n) is 6.36. The van der Waals surface area contributed by atoms with Crippen molar-refractivity contribution in [1.29, 1.82) is 0 Å². The fourth-order valence-electron chi connectivity index (χ4n) is 2.85. The van der Waals surface area contributed by atoms with Gasteiger partial charge in [-0.15, -0.1) is 11.3 Å². The first-order chi connectivity index (χ1) is 15.3. The maximum atomic E-state index is 13.2. The first kappa shape index (κ1) is 23.7. The van der Waals surface area contributed by atoms with Gasteiger partial charge < -0.3 is 4.74 Å². The molecule has 1 heterocycles. The number of nitrogens with one attached hydrogen (secondary N) is 1. The molecule has 11 heteroatoms. The minimum absolute atomic E-state index is 0.0373. The highest BCUT2D eigenvalue weighted by molar-refractivity contribution is 7.92. The van der Waals surface area contributed by atoms with Gasteiger partial charge in [-0.1, -0.05) is 29.8 Å². The lowest BCUT2D eigenvalue weighted by atomic mass is 10.2. The summed E-state index contributed by atoms with van der Waals surface area (Å²) in [6, 6.07) is 12.6. The third-order valence-corrected chi connectivity index (χ3v) is 7.30. The summed E-state index contributed by atoms with van der Waals surface area (Å²) in [5, 5.41) is 4.22. The van der Waals surface area contributed by atoms with Gasteiger partial charge in [-0.3, -0.25) is 14.4 Å². The smallest absolute Gasteiger partial charge is 0.357 e. The van der Waals surface area contributed by atoms with Crippen LogP contribution >= 0.6 is 22.9 Å². The van der Waals surface area contributed by atoms with Crippen LogP contribution in [0, 0.1) is 0 Å². The van der Waals surface area contributed by atoms with E-state index in [0.717, 1.165) is 11.3 Å². The number of rotatable bonds is 8. The summed E-state index contributed by atoms with van der Waals surface area (Å²) in [6.45, 7) is 3.80. The van der Waals surface area contributed by atoms with Gasteiger partial charge >= 0.3 is 5.97 Å². The van der Waals surface area contributed by atoms with Crippen molar-refractivity contribution in [3.63, 3.8) is 0 Å². The van der Waals surface area contributed by atoms with E-state index in [4.69, 9.17) is 16.3 Å². The minimum Gasteiger partial charge on any atom is -0.461 e. The SMILES string of the molecule is CCOC(=O)c1csc(NC(=O)c2cc(S(=O)(=O)N(CC)c3ccccc3)ccc2Cl)n1. The molecule has 0 saturated heterocycles. The number of amides is 1. The highest BCUT2D eigenvalue weighted by Crippen LogP contribution is 2.27. The molecule has 0 aliphatic carbocycles. The number of aromatic nitrogens is 1. The van der Waals surface area contributed by atoms with Gasteiger partial charge in [0.1, 0.15) is 0 Å². The van der Waals surface area contributed by atoms with Crippen LogP contribution in [-0.2, 0) is 14.8 Å². The molecule has 0 unspecified atom stereocenters. The average molecular weight is 494 g/mol. The molecule has 1 amide bonds. The molecular weight excluding hydrogens is 474 g/mol. The van der Waals surface area contributed by atoms with E-state index in [2.05, 4.69) is 10.3 Å². The molecule has 0 bridgehead atoms. The quantitative estimate of drug-likeness (QED) is 0.465. The second kappa shape index (κ2) is 10.1. The van der Waals surface area contributed by atoms with E-state index < -0.39 is 21.9 Å². The van der Waals surface area contributed by atoms with Gasteiger partial charge in [0.15, 0.2) is 10.8 Å². The Balaban J connectivity index is 1.88. The summed E-state index contributed by atoms with van der Waals surface area (Å²) in [5.74, 6) is -1.25. The van der Waals surface area contributed by atoms with Gasteiger partial charge in [0.05, 0.1) is 27.8 Å². The zero-order valence-corrected chi connectivity index (χ0v) is 19.6. The number of carbonyl (C=O) groups is 2. The van der Waals surface area contributed by atoms with Gasteiger partial charge in [-0.25, -0.2) is 18.2 Å². The number of hydrogen-bond donors (Lipinski definition) is 1. The molecular formula is C21H20ClN3O5S2. The summed E-state index contributed by atoms with van der Waals surface area (Å²) in [7, 11) is -3.94. The number of thiazole rings is 1. The highest BCUT2D eigenvalue weighted by atomic mass is 35.5. The molecule has 0 saturated carbocycles. The van der Waals surface area contributed by atoms with Gasteiger partial charge in [-0.05, 0) is 44.2 Å². The molecule has 32 heavy (non-hydrogen) atoms. The Bertz CT molecular complexity index is 1230. The van der Waals surface area contributed by atoms with E-state index in [0.29, 0.717) is 5.69 Å². The Hall–Kier alpha value is -2.95. The van der Waals surface area contributed by atoms with Crippen LogP contribution in [0.15, 0.2) is 58.8 Å². The van der Waals surface area contributed by atoms with E-state index in [1.807, 2.05) is 0 Å². The normalized spacial score (nSPS) is 11.1. The predicted molar refractivity (Wildman–Crippen MR) is 124 cm³/mol. The molecule has 0 radical (unpaired) electrons. The minimum atomic E-state index is -3.94. The van der Waals surface area contributed by atoms with Crippen molar-refractivity contribution in [2.45, 2.75) is 18.7 Å². The third kappa shape index (κ3) is 5.09. The van der Waals surface area contributed by atoms with Crippen molar-refractivity contribution in [2.24, 2.45) is 0 Å². The van der Waals surface area contributed by atoms with Crippen LogP contribution in [0.5, 0.6) is 0 Å². The number of carbonyl (C=O) groups excluding carboxylic acids is 2. The van der Waals surface area contributed by atoms with Crippen molar-refractivity contribution in [3.05, 3.63) is 70.2 Å². The Morgan fingerprint density at radius 1 is 1.16 bits per heavy atom. The van der Waals surface area contributed by atoms with E-state index in [1.165, 1.54) is 27.9 Å². The predicted octanol–water partition coefficient (Wildman–Crippen LogP) is 4.44. The summed E-state index contributed by atoms with van der Waals surface area (Å²) < 4.78 is 32.6. The Kier molecular flexibility index (Phi) is 7.49. The number of ether oxygens (including phenoxy) is 1. The van der Waals surface area contributed by atoms with Crippen LogP contribution in [0.3, 0.4) is 0 Å². The maximum Gasteiger partial charge on any atom is 0.357 e. The standard InChI is InChI=1S/C21H20ClN3O5S2/c1-3-25(14-8-6-5-7-9-14)32(28,29)15-10-11-17(22)16(12-15)19(26)24-21-23-18(13-31-21)20(27)30-4-2/h5-13H,3-4H2,1-2H3,(H,23,24,26). The molecule has 2 aromatic carbocycles. The van der Waals surface area contributed by atoms with Crippen LogP contribution in [0.25, 0.3) is 0 Å². The Morgan fingerprint density at radius 3 is 2.53 bits per heavy atom. The molecule has 0 fully saturated rings. The fraction of sp³-hybridized carbons (Fsp3) is 0.190. The molecule has 3 aromatic rings. The largest absolute Gasteiger partial charge is 0.461 e. The zero-order chi connectivity index (χ0) is 23.3.